The van der Waals surface area contributed by atoms with E-state index >= 15 is 0 Å². The van der Waals surface area contributed by atoms with E-state index in [1.807, 2.05) is 0 Å². The summed E-state index contributed by atoms with van der Waals surface area (Å²) in [6.07, 6.45) is 1.07. The molecule has 2 aliphatic rings. The summed E-state index contributed by atoms with van der Waals surface area (Å²) in [5.74, 6) is -0.647. The molecular weight excluding hydrogens is 502 g/mol. The molecule has 2 aromatic rings. The third kappa shape index (κ3) is 5.14. The Kier molecular flexibility index (Phi) is 7.60. The lowest BCUT2D eigenvalue weighted by atomic mass is 9.98. The number of hydrogen-bond acceptors (Lipinski definition) is 8. The van der Waals surface area contributed by atoms with E-state index in [1.165, 1.54) is 33.9 Å². The summed E-state index contributed by atoms with van der Waals surface area (Å²) in [6.45, 7) is 1.57. The van der Waals surface area contributed by atoms with Crippen molar-refractivity contribution in [1.82, 2.24) is 8.61 Å². The van der Waals surface area contributed by atoms with E-state index in [1.54, 1.807) is 17.5 Å². The Morgan fingerprint density at radius 2 is 1.85 bits per heavy atom. The van der Waals surface area contributed by atoms with Gasteiger partial charge in [-0.05, 0) is 42.5 Å². The van der Waals surface area contributed by atoms with E-state index in [0.29, 0.717) is 38.3 Å². The van der Waals surface area contributed by atoms with E-state index in [2.05, 4.69) is 5.32 Å². The minimum Gasteiger partial charge on any atom is -0.495 e. The molecule has 2 aliphatic heterocycles. The smallest absolute Gasteiger partial charge is 0.252 e. The lowest BCUT2D eigenvalue weighted by Crippen LogP contribution is -2.43. The number of thiophene rings is 1. The number of rotatable bonds is 7. The second kappa shape index (κ2) is 10.3. The van der Waals surface area contributed by atoms with Gasteiger partial charge in [0.1, 0.15) is 9.96 Å². The van der Waals surface area contributed by atoms with Crippen molar-refractivity contribution in [1.29, 1.82) is 0 Å². The Hall–Kier alpha value is -2.03. The Morgan fingerprint density at radius 3 is 2.53 bits per heavy atom. The van der Waals surface area contributed by atoms with Gasteiger partial charge in [-0.3, -0.25) is 4.79 Å². The van der Waals surface area contributed by atoms with Gasteiger partial charge in [-0.1, -0.05) is 6.07 Å². The van der Waals surface area contributed by atoms with Gasteiger partial charge in [0.25, 0.3) is 10.0 Å². The summed E-state index contributed by atoms with van der Waals surface area (Å²) in [7, 11) is -5.99. The number of piperidine rings is 1. The molecular formula is C21H27N3O7S3. The van der Waals surface area contributed by atoms with Gasteiger partial charge in [-0.2, -0.15) is 8.61 Å². The number of carbonyl (C=O) groups excluding carboxylic acids is 1. The number of carbonyl (C=O) groups is 1. The third-order valence-corrected chi connectivity index (χ3v) is 11.0. The van der Waals surface area contributed by atoms with Crippen LogP contribution in [0.2, 0.25) is 0 Å². The molecule has 34 heavy (non-hydrogen) atoms. The van der Waals surface area contributed by atoms with Crippen LogP contribution in [0.5, 0.6) is 5.75 Å². The predicted molar refractivity (Wildman–Crippen MR) is 127 cm³/mol. The maximum Gasteiger partial charge on any atom is 0.252 e. The van der Waals surface area contributed by atoms with Crippen molar-refractivity contribution in [3.05, 3.63) is 35.7 Å². The van der Waals surface area contributed by atoms with Crippen molar-refractivity contribution in [2.24, 2.45) is 5.92 Å². The molecule has 0 unspecified atom stereocenters. The van der Waals surface area contributed by atoms with Gasteiger partial charge in [-0.25, -0.2) is 16.8 Å². The number of benzene rings is 1. The molecule has 1 atom stereocenters. The van der Waals surface area contributed by atoms with Crippen LogP contribution in [0.4, 0.5) is 5.69 Å². The number of anilines is 1. The number of nitrogens with one attached hydrogen (secondary N) is 1. The zero-order valence-corrected chi connectivity index (χ0v) is 21.1. The molecule has 186 valence electrons. The summed E-state index contributed by atoms with van der Waals surface area (Å²) >= 11 is 1.14. The Bertz CT molecular complexity index is 1220. The van der Waals surface area contributed by atoms with Gasteiger partial charge in [-0.15, -0.1) is 11.3 Å². The summed E-state index contributed by atoms with van der Waals surface area (Å²) in [6, 6.07) is 7.54. The van der Waals surface area contributed by atoms with Crippen LogP contribution < -0.4 is 10.1 Å². The normalized spacial score (nSPS) is 20.7. The molecule has 0 saturated carbocycles. The van der Waals surface area contributed by atoms with Gasteiger partial charge < -0.3 is 14.8 Å². The number of hydrogen-bond donors (Lipinski definition) is 1. The van der Waals surface area contributed by atoms with Crippen molar-refractivity contribution in [3.8, 4) is 5.75 Å². The first-order chi connectivity index (χ1) is 16.2. The quantitative estimate of drug-likeness (QED) is 0.580. The molecule has 3 heterocycles. The minimum absolute atomic E-state index is 0.0380. The first kappa shape index (κ1) is 25.1. The lowest BCUT2D eigenvalue weighted by molar-refractivity contribution is -0.120. The molecule has 0 spiro atoms. The standard InChI is InChI=1S/C21H27N3O7S3/c1-30-19-7-6-17(33(26,27)23-9-11-31-12-10-23)14-18(19)22-21(25)16-4-2-8-24(15-16)34(28,29)20-5-3-13-32-20/h3,5-7,13-14,16H,2,4,8-12,15H2,1H3,(H,22,25)/t16-/m0/s1. The van der Waals surface area contributed by atoms with Gasteiger partial charge in [0.2, 0.25) is 15.9 Å². The molecule has 4 rings (SSSR count). The molecule has 2 saturated heterocycles. The topological polar surface area (TPSA) is 122 Å². The van der Waals surface area contributed by atoms with Crippen LogP contribution in [0.15, 0.2) is 44.8 Å². The number of methoxy groups -OCH3 is 1. The Balaban J connectivity index is 1.52. The molecule has 0 aliphatic carbocycles. The van der Waals surface area contributed by atoms with Gasteiger partial charge in [0, 0.05) is 26.2 Å². The van der Waals surface area contributed by atoms with Crippen molar-refractivity contribution in [2.75, 3.05) is 51.8 Å². The molecule has 0 radical (unpaired) electrons. The highest BCUT2D eigenvalue weighted by atomic mass is 32.2. The van der Waals surface area contributed by atoms with Crippen molar-refractivity contribution < 1.29 is 31.1 Å². The predicted octanol–water partition coefficient (Wildman–Crippen LogP) is 1.82. The summed E-state index contributed by atoms with van der Waals surface area (Å²) in [5, 5.41) is 4.46. The van der Waals surface area contributed by atoms with E-state index in [9.17, 15) is 21.6 Å². The van der Waals surface area contributed by atoms with E-state index < -0.39 is 26.0 Å². The molecule has 1 aromatic carbocycles. The van der Waals surface area contributed by atoms with Crippen LogP contribution in [0.3, 0.4) is 0 Å². The van der Waals surface area contributed by atoms with Crippen LogP contribution in [-0.4, -0.2) is 77.9 Å². The fourth-order valence-electron chi connectivity index (χ4n) is 4.03. The zero-order valence-electron chi connectivity index (χ0n) is 18.7. The van der Waals surface area contributed by atoms with Crippen LogP contribution >= 0.6 is 11.3 Å². The van der Waals surface area contributed by atoms with E-state index in [0.717, 1.165) is 11.3 Å². The summed E-state index contributed by atoms with van der Waals surface area (Å²) in [5.41, 5.74) is 0.222. The van der Waals surface area contributed by atoms with Crippen molar-refractivity contribution >= 4 is 43.0 Å². The highest BCUT2D eigenvalue weighted by molar-refractivity contribution is 7.91. The van der Waals surface area contributed by atoms with E-state index in [-0.39, 0.29) is 40.3 Å². The average Bonchev–Trinajstić information content (AvgIpc) is 3.41. The minimum atomic E-state index is -3.76. The molecule has 1 aromatic heterocycles. The maximum atomic E-state index is 13.1. The molecule has 1 N–H and O–H groups in total. The number of morpholine rings is 1. The average molecular weight is 530 g/mol. The highest BCUT2D eigenvalue weighted by Gasteiger charge is 2.34. The zero-order chi connectivity index (χ0) is 24.3. The second-order valence-corrected chi connectivity index (χ2v) is 13.1. The van der Waals surface area contributed by atoms with Gasteiger partial charge in [0.15, 0.2) is 0 Å². The molecule has 2 fully saturated rings. The number of nitrogens with zero attached hydrogens (tertiary/aromatic N) is 2. The summed E-state index contributed by atoms with van der Waals surface area (Å²) < 4.78 is 65.3. The van der Waals surface area contributed by atoms with Crippen molar-refractivity contribution in [3.63, 3.8) is 0 Å². The third-order valence-electron chi connectivity index (χ3n) is 5.88. The fraction of sp³-hybridized carbons (Fsp3) is 0.476. The fourth-order valence-corrected chi connectivity index (χ4v) is 8.13. The number of ether oxygens (including phenoxy) is 2. The molecule has 13 heteroatoms. The van der Waals surface area contributed by atoms with E-state index in [4.69, 9.17) is 9.47 Å². The van der Waals surface area contributed by atoms with Crippen LogP contribution in [0.25, 0.3) is 0 Å². The Labute approximate surface area is 203 Å². The van der Waals surface area contributed by atoms with Crippen LogP contribution in [-0.2, 0) is 29.6 Å². The maximum absolute atomic E-state index is 13.1. The Morgan fingerprint density at radius 1 is 1.09 bits per heavy atom. The number of amides is 1. The SMILES string of the molecule is COc1ccc(S(=O)(=O)N2CCOCC2)cc1NC(=O)[C@H]1CCCN(S(=O)(=O)c2cccs2)C1. The van der Waals surface area contributed by atoms with Crippen molar-refractivity contribution in [2.45, 2.75) is 21.9 Å². The second-order valence-electron chi connectivity index (χ2n) is 8.00. The first-order valence-electron chi connectivity index (χ1n) is 10.8. The molecule has 0 bridgehead atoms. The molecule has 10 nitrogen and oxygen atoms in total. The monoisotopic (exact) mass is 529 g/mol. The van der Waals surface area contributed by atoms with Crippen LogP contribution in [0, 0.1) is 5.92 Å². The first-order valence-corrected chi connectivity index (χ1v) is 14.6. The van der Waals surface area contributed by atoms with Crippen LogP contribution in [0.1, 0.15) is 12.8 Å². The largest absolute Gasteiger partial charge is 0.495 e. The lowest BCUT2D eigenvalue weighted by Gasteiger charge is -2.31. The highest BCUT2D eigenvalue weighted by Crippen LogP contribution is 2.31. The number of sulfonamides is 2. The van der Waals surface area contributed by atoms with Gasteiger partial charge in [0.05, 0.1) is 36.8 Å². The summed E-state index contributed by atoms with van der Waals surface area (Å²) in [4.78, 5) is 13.1. The molecule has 1 amide bonds. The van der Waals surface area contributed by atoms with Gasteiger partial charge >= 0.3 is 0 Å².